The summed E-state index contributed by atoms with van der Waals surface area (Å²) in [5.41, 5.74) is 0.646. The summed E-state index contributed by atoms with van der Waals surface area (Å²) in [4.78, 5) is 12.3. The molecule has 0 aliphatic heterocycles. The standard InChI is InChI=1S/C13H12ClFN2O2/c1-19-7-6-17-12(11(14)8-16-17)13(18)9-2-4-10(15)5-3-9/h2-5,8H,6-7H2,1H3. The lowest BCUT2D eigenvalue weighted by Gasteiger charge is -2.06. The molecule has 0 amide bonds. The zero-order chi connectivity index (χ0) is 13.8. The molecule has 0 radical (unpaired) electrons. The number of aromatic nitrogens is 2. The van der Waals surface area contributed by atoms with Gasteiger partial charge in [0, 0.05) is 12.7 Å². The number of ether oxygens (including phenoxy) is 1. The molecule has 6 heteroatoms. The van der Waals surface area contributed by atoms with Crippen LogP contribution >= 0.6 is 11.6 Å². The maximum atomic E-state index is 12.8. The number of halogens is 2. The van der Waals surface area contributed by atoms with Gasteiger partial charge in [-0.25, -0.2) is 4.39 Å². The Balaban J connectivity index is 2.32. The summed E-state index contributed by atoms with van der Waals surface area (Å²) < 4.78 is 19.3. The van der Waals surface area contributed by atoms with Gasteiger partial charge in [-0.15, -0.1) is 0 Å². The van der Waals surface area contributed by atoms with Crippen molar-refractivity contribution in [2.45, 2.75) is 6.54 Å². The average Bonchev–Trinajstić information content (AvgIpc) is 2.77. The molecule has 1 aromatic carbocycles. The van der Waals surface area contributed by atoms with Crippen LogP contribution in [0.25, 0.3) is 0 Å². The Morgan fingerprint density at radius 1 is 1.42 bits per heavy atom. The van der Waals surface area contributed by atoms with Crippen molar-refractivity contribution in [3.05, 3.63) is 52.6 Å². The van der Waals surface area contributed by atoms with E-state index in [1.165, 1.54) is 35.1 Å². The minimum absolute atomic E-state index is 0.269. The first-order chi connectivity index (χ1) is 9.13. The van der Waals surface area contributed by atoms with Gasteiger partial charge in [-0.2, -0.15) is 5.10 Å². The first-order valence-corrected chi connectivity index (χ1v) is 6.02. The van der Waals surface area contributed by atoms with E-state index in [9.17, 15) is 9.18 Å². The van der Waals surface area contributed by atoms with Crippen molar-refractivity contribution in [2.24, 2.45) is 0 Å². The maximum absolute atomic E-state index is 12.8. The second kappa shape index (κ2) is 5.95. The smallest absolute Gasteiger partial charge is 0.212 e. The molecule has 2 rings (SSSR count). The van der Waals surface area contributed by atoms with Crippen LogP contribution in [0.15, 0.2) is 30.5 Å². The van der Waals surface area contributed by atoms with Crippen molar-refractivity contribution < 1.29 is 13.9 Å². The minimum atomic E-state index is -0.393. The van der Waals surface area contributed by atoms with Crippen molar-refractivity contribution in [1.82, 2.24) is 9.78 Å². The molecular formula is C13H12ClFN2O2. The van der Waals surface area contributed by atoms with Crippen LogP contribution in [0.5, 0.6) is 0 Å². The summed E-state index contributed by atoms with van der Waals surface area (Å²) in [5.74, 6) is -0.686. The fourth-order valence-electron chi connectivity index (χ4n) is 1.67. The highest BCUT2D eigenvalue weighted by Crippen LogP contribution is 2.19. The Bertz CT molecular complexity index is 581. The van der Waals surface area contributed by atoms with Gasteiger partial charge in [-0.1, -0.05) is 11.6 Å². The van der Waals surface area contributed by atoms with Gasteiger partial charge in [0.15, 0.2) is 0 Å². The summed E-state index contributed by atoms with van der Waals surface area (Å²) in [6, 6.07) is 5.30. The molecule has 1 heterocycles. The number of hydrogen-bond acceptors (Lipinski definition) is 3. The van der Waals surface area contributed by atoms with Crippen LogP contribution in [0.2, 0.25) is 5.02 Å². The quantitative estimate of drug-likeness (QED) is 0.792. The Morgan fingerprint density at radius 2 is 2.11 bits per heavy atom. The van der Waals surface area contributed by atoms with E-state index in [0.717, 1.165) is 0 Å². The topological polar surface area (TPSA) is 44.1 Å². The number of nitrogens with zero attached hydrogens (tertiary/aromatic N) is 2. The predicted molar refractivity (Wildman–Crippen MR) is 68.9 cm³/mol. The van der Waals surface area contributed by atoms with E-state index < -0.39 is 5.82 Å². The number of carbonyl (C=O) groups excluding carboxylic acids is 1. The van der Waals surface area contributed by atoms with Gasteiger partial charge in [0.25, 0.3) is 0 Å². The van der Waals surface area contributed by atoms with Crippen LogP contribution in [0, 0.1) is 5.82 Å². The van der Waals surface area contributed by atoms with Gasteiger partial charge in [-0.05, 0) is 24.3 Å². The molecule has 0 spiro atoms. The molecular weight excluding hydrogens is 271 g/mol. The Labute approximate surface area is 114 Å². The van der Waals surface area contributed by atoms with E-state index in [0.29, 0.717) is 18.7 Å². The number of methoxy groups -OCH3 is 1. The van der Waals surface area contributed by atoms with Crippen LogP contribution in [-0.4, -0.2) is 29.3 Å². The van der Waals surface area contributed by atoms with Gasteiger partial charge >= 0.3 is 0 Å². The Kier molecular flexibility index (Phi) is 4.29. The molecule has 0 atom stereocenters. The molecule has 19 heavy (non-hydrogen) atoms. The molecule has 1 aromatic heterocycles. The normalized spacial score (nSPS) is 10.7. The molecule has 4 nitrogen and oxygen atoms in total. The van der Waals surface area contributed by atoms with Crippen molar-refractivity contribution in [1.29, 1.82) is 0 Å². The number of hydrogen-bond donors (Lipinski definition) is 0. The van der Waals surface area contributed by atoms with E-state index in [-0.39, 0.29) is 16.5 Å². The van der Waals surface area contributed by atoms with Gasteiger partial charge in [-0.3, -0.25) is 9.48 Å². The third-order valence-electron chi connectivity index (χ3n) is 2.62. The van der Waals surface area contributed by atoms with Gasteiger partial charge in [0.05, 0.1) is 24.4 Å². The van der Waals surface area contributed by atoms with Crippen molar-refractivity contribution in [3.8, 4) is 0 Å². The zero-order valence-electron chi connectivity index (χ0n) is 10.3. The molecule has 2 aromatic rings. The van der Waals surface area contributed by atoms with Crippen LogP contribution in [0.3, 0.4) is 0 Å². The molecule has 0 bridgehead atoms. The monoisotopic (exact) mass is 282 g/mol. The van der Waals surface area contributed by atoms with Crippen LogP contribution in [-0.2, 0) is 11.3 Å². The first-order valence-electron chi connectivity index (χ1n) is 5.64. The summed E-state index contributed by atoms with van der Waals surface area (Å²) in [5, 5.41) is 4.30. The fraction of sp³-hybridized carbons (Fsp3) is 0.231. The molecule has 0 aliphatic carbocycles. The second-order valence-corrected chi connectivity index (χ2v) is 4.30. The van der Waals surface area contributed by atoms with Crippen LogP contribution < -0.4 is 0 Å². The molecule has 0 aliphatic rings. The number of carbonyl (C=O) groups is 1. The van der Waals surface area contributed by atoms with E-state index in [1.807, 2.05) is 0 Å². The number of ketones is 1. The van der Waals surface area contributed by atoms with E-state index in [2.05, 4.69) is 5.10 Å². The average molecular weight is 283 g/mol. The lowest BCUT2D eigenvalue weighted by molar-refractivity contribution is 0.102. The summed E-state index contributed by atoms with van der Waals surface area (Å²) >= 11 is 5.98. The second-order valence-electron chi connectivity index (χ2n) is 3.89. The molecule has 0 unspecified atom stereocenters. The van der Waals surface area contributed by atoms with Gasteiger partial charge < -0.3 is 4.74 Å². The third kappa shape index (κ3) is 3.00. The Hall–Kier alpha value is -1.72. The SMILES string of the molecule is COCCn1ncc(Cl)c1C(=O)c1ccc(F)cc1. The number of benzene rings is 1. The molecule has 0 fully saturated rings. The van der Waals surface area contributed by atoms with E-state index >= 15 is 0 Å². The molecule has 0 N–H and O–H groups in total. The zero-order valence-corrected chi connectivity index (χ0v) is 11.0. The van der Waals surface area contributed by atoms with Gasteiger partial charge in [0.1, 0.15) is 11.5 Å². The van der Waals surface area contributed by atoms with E-state index in [1.54, 1.807) is 7.11 Å². The van der Waals surface area contributed by atoms with Gasteiger partial charge in [0.2, 0.25) is 5.78 Å². The fourth-order valence-corrected chi connectivity index (χ4v) is 1.90. The van der Waals surface area contributed by atoms with Crippen molar-refractivity contribution in [2.75, 3.05) is 13.7 Å². The first kappa shape index (κ1) is 13.7. The summed E-state index contributed by atoms with van der Waals surface area (Å²) in [6.45, 7) is 0.840. The number of rotatable bonds is 5. The molecule has 100 valence electrons. The third-order valence-corrected chi connectivity index (χ3v) is 2.90. The van der Waals surface area contributed by atoms with Crippen LogP contribution in [0.4, 0.5) is 4.39 Å². The predicted octanol–water partition coefficient (Wildman–Crippen LogP) is 2.55. The summed E-state index contributed by atoms with van der Waals surface area (Å²) in [7, 11) is 1.56. The highest BCUT2D eigenvalue weighted by molar-refractivity contribution is 6.34. The molecule has 0 saturated carbocycles. The van der Waals surface area contributed by atoms with Crippen molar-refractivity contribution in [3.63, 3.8) is 0 Å². The lowest BCUT2D eigenvalue weighted by atomic mass is 10.1. The van der Waals surface area contributed by atoms with Crippen molar-refractivity contribution >= 4 is 17.4 Å². The largest absolute Gasteiger partial charge is 0.383 e. The summed E-state index contributed by atoms with van der Waals surface area (Å²) in [6.07, 6.45) is 1.41. The molecule has 0 saturated heterocycles. The minimum Gasteiger partial charge on any atom is -0.383 e. The highest BCUT2D eigenvalue weighted by atomic mass is 35.5. The Morgan fingerprint density at radius 3 is 2.74 bits per heavy atom. The maximum Gasteiger partial charge on any atom is 0.212 e. The lowest BCUT2D eigenvalue weighted by Crippen LogP contribution is -2.14. The highest BCUT2D eigenvalue weighted by Gasteiger charge is 2.19. The van der Waals surface area contributed by atoms with E-state index in [4.69, 9.17) is 16.3 Å². The van der Waals surface area contributed by atoms with Crippen LogP contribution in [0.1, 0.15) is 16.1 Å².